The third kappa shape index (κ3) is 5.75. The molecule has 0 radical (unpaired) electrons. The number of hydrogen-bond donors (Lipinski definition) is 2. The summed E-state index contributed by atoms with van der Waals surface area (Å²) in [7, 11) is 3.55. The summed E-state index contributed by atoms with van der Waals surface area (Å²) < 4.78 is 5.50. The van der Waals surface area contributed by atoms with Crippen LogP contribution in [0.1, 0.15) is 23.1 Å². The Morgan fingerprint density at radius 3 is 2.74 bits per heavy atom. The van der Waals surface area contributed by atoms with Gasteiger partial charge in [0, 0.05) is 35.9 Å². The molecule has 1 unspecified atom stereocenters. The summed E-state index contributed by atoms with van der Waals surface area (Å²) in [5.74, 6) is 1.79. The Morgan fingerprint density at radius 1 is 1.26 bits per heavy atom. The molecule has 1 aromatic heterocycles. The lowest BCUT2D eigenvalue weighted by atomic mass is 10.2. The molecule has 2 aromatic rings. The molecule has 7 heteroatoms. The predicted molar refractivity (Wildman–Crippen MR) is 126 cm³/mol. The quantitative estimate of drug-likeness (QED) is 0.359. The van der Waals surface area contributed by atoms with Crippen molar-refractivity contribution in [3.8, 4) is 5.75 Å². The molecular weight excluding hydrogens is 471 g/mol. The third-order valence-electron chi connectivity index (χ3n) is 4.67. The van der Waals surface area contributed by atoms with Crippen LogP contribution in [-0.4, -0.2) is 39.2 Å². The number of hydrogen-bond acceptors (Lipinski definition) is 4. The summed E-state index contributed by atoms with van der Waals surface area (Å²) in [5.41, 5.74) is 1.16. The van der Waals surface area contributed by atoms with E-state index in [0.29, 0.717) is 6.04 Å². The molecule has 0 spiro atoms. The lowest BCUT2D eigenvalue weighted by molar-refractivity contribution is 0.415. The largest absolute Gasteiger partial charge is 0.495 e. The van der Waals surface area contributed by atoms with Gasteiger partial charge >= 0.3 is 0 Å². The molecule has 2 heterocycles. The second-order valence-electron chi connectivity index (χ2n) is 6.40. The van der Waals surface area contributed by atoms with Gasteiger partial charge < -0.3 is 20.3 Å². The van der Waals surface area contributed by atoms with Crippen LogP contribution in [0, 0.1) is 0 Å². The van der Waals surface area contributed by atoms with Crippen molar-refractivity contribution in [3.05, 3.63) is 46.2 Å². The molecule has 0 saturated carbocycles. The maximum Gasteiger partial charge on any atom is 0.191 e. The number of halogens is 1. The van der Waals surface area contributed by atoms with E-state index in [-0.39, 0.29) is 24.0 Å². The molecule has 3 rings (SSSR count). The molecule has 1 aromatic carbocycles. The van der Waals surface area contributed by atoms with Crippen LogP contribution in [0.25, 0.3) is 0 Å². The molecule has 5 nitrogen and oxygen atoms in total. The van der Waals surface area contributed by atoms with Crippen LogP contribution in [0.2, 0.25) is 0 Å². The van der Waals surface area contributed by atoms with E-state index in [0.717, 1.165) is 49.9 Å². The number of methoxy groups -OCH3 is 1. The summed E-state index contributed by atoms with van der Waals surface area (Å²) >= 11 is 1.86. The number of nitrogens with zero attached hydrogens (tertiary/aromatic N) is 2. The van der Waals surface area contributed by atoms with Crippen molar-refractivity contribution in [3.63, 3.8) is 0 Å². The van der Waals surface area contributed by atoms with Gasteiger partial charge in [0.05, 0.1) is 19.3 Å². The molecule has 1 atom stereocenters. The zero-order valence-electron chi connectivity index (χ0n) is 16.2. The van der Waals surface area contributed by atoms with E-state index in [2.05, 4.69) is 51.7 Å². The molecule has 1 fully saturated rings. The third-order valence-corrected chi connectivity index (χ3v) is 5.90. The first-order valence-corrected chi connectivity index (χ1v) is 9.97. The molecular formula is C20H29IN4OS. The summed E-state index contributed by atoms with van der Waals surface area (Å²) in [4.78, 5) is 9.52. The minimum Gasteiger partial charge on any atom is -0.495 e. The van der Waals surface area contributed by atoms with E-state index in [9.17, 15) is 0 Å². The van der Waals surface area contributed by atoms with Crippen LogP contribution < -0.4 is 20.3 Å². The Balaban J connectivity index is 0.00000261. The Kier molecular flexibility index (Phi) is 8.69. The van der Waals surface area contributed by atoms with E-state index in [1.165, 1.54) is 9.75 Å². The number of anilines is 1. The molecule has 27 heavy (non-hydrogen) atoms. The number of ether oxygens (including phenoxy) is 1. The van der Waals surface area contributed by atoms with Crippen molar-refractivity contribution < 1.29 is 4.74 Å². The van der Waals surface area contributed by atoms with Gasteiger partial charge in [0.1, 0.15) is 5.75 Å². The Bertz CT molecular complexity index is 749. The number of aliphatic imine (C=N–C) groups is 1. The molecule has 1 saturated heterocycles. The number of guanidine groups is 1. The van der Waals surface area contributed by atoms with Gasteiger partial charge in [-0.15, -0.1) is 35.3 Å². The van der Waals surface area contributed by atoms with Gasteiger partial charge in [0.25, 0.3) is 0 Å². The second-order valence-corrected chi connectivity index (χ2v) is 7.65. The number of para-hydroxylation sites is 2. The summed E-state index contributed by atoms with van der Waals surface area (Å²) in [5, 5.41) is 6.99. The first-order valence-electron chi connectivity index (χ1n) is 9.16. The topological polar surface area (TPSA) is 48.9 Å². The van der Waals surface area contributed by atoms with Crippen LogP contribution in [0.3, 0.4) is 0 Å². The van der Waals surface area contributed by atoms with Crippen LogP contribution in [0.5, 0.6) is 5.75 Å². The lowest BCUT2D eigenvalue weighted by Crippen LogP contribution is -2.44. The van der Waals surface area contributed by atoms with E-state index >= 15 is 0 Å². The fourth-order valence-electron chi connectivity index (χ4n) is 3.25. The highest BCUT2D eigenvalue weighted by Crippen LogP contribution is 2.30. The highest BCUT2D eigenvalue weighted by atomic mass is 127. The first kappa shape index (κ1) is 21.8. The van der Waals surface area contributed by atoms with E-state index in [4.69, 9.17) is 4.74 Å². The Labute approximate surface area is 183 Å². The van der Waals surface area contributed by atoms with Crippen molar-refractivity contribution in [2.45, 2.75) is 32.4 Å². The normalized spacial score (nSPS) is 16.8. The Hall–Kier alpha value is -1.48. The van der Waals surface area contributed by atoms with Gasteiger partial charge in [0.2, 0.25) is 0 Å². The number of aryl methyl sites for hydroxylation is 1. The average Bonchev–Trinajstić information content (AvgIpc) is 3.34. The number of benzene rings is 1. The monoisotopic (exact) mass is 500 g/mol. The van der Waals surface area contributed by atoms with E-state index < -0.39 is 0 Å². The standard InChI is InChI=1S/C20H28N4OS.HI/c1-4-16-9-10-17(26-16)13-22-20(21-2)23-15-11-12-24(14-15)18-7-5-6-8-19(18)25-3;/h5-10,15H,4,11-14H2,1-3H3,(H2,21,22,23);1H. The molecule has 0 aliphatic carbocycles. The summed E-state index contributed by atoms with van der Waals surface area (Å²) in [6, 6.07) is 13.0. The number of nitrogens with one attached hydrogen (secondary N) is 2. The van der Waals surface area contributed by atoms with Crippen LogP contribution in [0.15, 0.2) is 41.4 Å². The zero-order valence-corrected chi connectivity index (χ0v) is 19.3. The fraction of sp³-hybridized carbons (Fsp3) is 0.450. The van der Waals surface area contributed by atoms with Crippen molar-refractivity contribution in [1.82, 2.24) is 10.6 Å². The maximum absolute atomic E-state index is 5.50. The Morgan fingerprint density at radius 2 is 2.04 bits per heavy atom. The van der Waals surface area contributed by atoms with Gasteiger partial charge in [-0.25, -0.2) is 0 Å². The van der Waals surface area contributed by atoms with Crippen molar-refractivity contribution >= 4 is 47.0 Å². The van der Waals surface area contributed by atoms with Gasteiger partial charge in [-0.05, 0) is 37.1 Å². The molecule has 0 amide bonds. The van der Waals surface area contributed by atoms with Crippen molar-refractivity contribution in [2.75, 3.05) is 32.1 Å². The molecule has 148 valence electrons. The maximum atomic E-state index is 5.50. The second kappa shape index (κ2) is 10.8. The van der Waals surface area contributed by atoms with Gasteiger partial charge in [0.15, 0.2) is 5.96 Å². The van der Waals surface area contributed by atoms with Crippen molar-refractivity contribution in [2.24, 2.45) is 4.99 Å². The highest BCUT2D eigenvalue weighted by molar-refractivity contribution is 14.0. The van der Waals surface area contributed by atoms with Gasteiger partial charge in [-0.3, -0.25) is 4.99 Å². The first-order chi connectivity index (χ1) is 12.7. The minimum atomic E-state index is 0. The fourth-order valence-corrected chi connectivity index (χ4v) is 4.15. The van der Waals surface area contributed by atoms with Crippen LogP contribution in [-0.2, 0) is 13.0 Å². The molecule has 1 aliphatic heterocycles. The van der Waals surface area contributed by atoms with Crippen molar-refractivity contribution in [1.29, 1.82) is 0 Å². The molecule has 2 N–H and O–H groups in total. The molecule has 1 aliphatic rings. The molecule has 0 bridgehead atoms. The van der Waals surface area contributed by atoms with E-state index in [1.54, 1.807) is 7.11 Å². The SMILES string of the molecule is CCc1ccc(CNC(=NC)NC2CCN(c3ccccc3OC)C2)s1.I. The zero-order chi connectivity index (χ0) is 18.4. The average molecular weight is 500 g/mol. The lowest BCUT2D eigenvalue weighted by Gasteiger charge is -2.22. The predicted octanol–water partition coefficient (Wildman–Crippen LogP) is 3.88. The smallest absolute Gasteiger partial charge is 0.191 e. The van der Waals surface area contributed by atoms with Gasteiger partial charge in [-0.1, -0.05) is 19.1 Å². The minimum absolute atomic E-state index is 0. The van der Waals surface area contributed by atoms with Crippen LogP contribution in [0.4, 0.5) is 5.69 Å². The van der Waals surface area contributed by atoms with Gasteiger partial charge in [-0.2, -0.15) is 0 Å². The van der Waals surface area contributed by atoms with E-state index in [1.807, 2.05) is 30.5 Å². The summed E-state index contributed by atoms with van der Waals surface area (Å²) in [6.45, 7) is 4.96. The van der Waals surface area contributed by atoms with Crippen LogP contribution >= 0.6 is 35.3 Å². The highest BCUT2D eigenvalue weighted by Gasteiger charge is 2.25. The number of thiophene rings is 1. The summed E-state index contributed by atoms with van der Waals surface area (Å²) in [6.07, 6.45) is 2.18. The number of rotatable bonds is 6.